The van der Waals surface area contributed by atoms with Crippen molar-refractivity contribution < 1.29 is 0 Å². The summed E-state index contributed by atoms with van der Waals surface area (Å²) in [6.45, 7) is 2.10. The lowest BCUT2D eigenvalue weighted by Crippen LogP contribution is -1.91. The van der Waals surface area contributed by atoms with E-state index in [9.17, 15) is 0 Å². The molecule has 0 amide bonds. The van der Waals surface area contributed by atoms with Crippen LogP contribution < -0.4 is 0 Å². The molecule has 0 fully saturated rings. The van der Waals surface area contributed by atoms with Gasteiger partial charge in [-0.3, -0.25) is 0 Å². The predicted octanol–water partition coefficient (Wildman–Crippen LogP) is 7.18. The molecule has 0 saturated heterocycles. The molecule has 0 spiro atoms. The van der Waals surface area contributed by atoms with Gasteiger partial charge >= 0.3 is 0 Å². The summed E-state index contributed by atoms with van der Waals surface area (Å²) in [6.07, 6.45) is 0. The summed E-state index contributed by atoms with van der Waals surface area (Å²) in [4.78, 5) is 4.84. The summed E-state index contributed by atoms with van der Waals surface area (Å²) >= 11 is 12.3. The van der Waals surface area contributed by atoms with Crippen LogP contribution in [0.1, 0.15) is 5.56 Å². The summed E-state index contributed by atoms with van der Waals surface area (Å²) in [7, 11) is 0. The van der Waals surface area contributed by atoms with Crippen LogP contribution in [0.15, 0.2) is 72.8 Å². The third-order valence-corrected chi connectivity index (χ3v) is 5.00. The predicted molar refractivity (Wildman–Crippen MR) is 107 cm³/mol. The Morgan fingerprint density at radius 2 is 1.52 bits per heavy atom. The molecule has 0 aliphatic rings. The highest BCUT2D eigenvalue weighted by Gasteiger charge is 2.11. The zero-order valence-electron chi connectivity index (χ0n) is 13.6. The summed E-state index contributed by atoms with van der Waals surface area (Å²) in [6, 6.07) is 24.4. The van der Waals surface area contributed by atoms with E-state index in [4.69, 9.17) is 28.2 Å². The van der Waals surface area contributed by atoms with Crippen LogP contribution in [-0.4, -0.2) is 4.98 Å². The lowest BCUT2D eigenvalue weighted by Gasteiger charge is -2.11. The van der Waals surface area contributed by atoms with E-state index in [1.165, 1.54) is 11.1 Å². The second-order valence-electron chi connectivity index (χ2n) is 6.07. The van der Waals surface area contributed by atoms with Gasteiger partial charge in [0.15, 0.2) is 0 Å². The molecule has 1 aromatic heterocycles. The normalized spacial score (nSPS) is 11.0. The highest BCUT2D eigenvalue weighted by molar-refractivity contribution is 6.42. The zero-order valence-corrected chi connectivity index (χ0v) is 15.1. The van der Waals surface area contributed by atoms with Crippen molar-refractivity contribution in [1.82, 2.24) is 4.98 Å². The maximum absolute atomic E-state index is 6.20. The number of hydrogen-bond acceptors (Lipinski definition) is 1. The van der Waals surface area contributed by atoms with Gasteiger partial charge in [0.25, 0.3) is 0 Å². The Morgan fingerprint density at radius 3 is 2.28 bits per heavy atom. The van der Waals surface area contributed by atoms with Gasteiger partial charge in [-0.1, -0.05) is 71.2 Å². The van der Waals surface area contributed by atoms with Gasteiger partial charge < -0.3 is 0 Å². The molecule has 0 N–H and O–H groups in total. The van der Waals surface area contributed by atoms with Crippen molar-refractivity contribution in [3.05, 3.63) is 88.4 Å². The second-order valence-corrected chi connectivity index (χ2v) is 6.88. The molecule has 0 aliphatic carbocycles. The van der Waals surface area contributed by atoms with Crippen LogP contribution >= 0.6 is 23.2 Å². The minimum absolute atomic E-state index is 0.534. The van der Waals surface area contributed by atoms with Crippen LogP contribution in [0.5, 0.6) is 0 Å². The Labute approximate surface area is 156 Å². The van der Waals surface area contributed by atoms with E-state index in [-0.39, 0.29) is 0 Å². The Balaban J connectivity index is 2.01. The van der Waals surface area contributed by atoms with Gasteiger partial charge in [-0.05, 0) is 48.4 Å². The lowest BCUT2D eigenvalue weighted by atomic mass is 9.97. The average molecular weight is 364 g/mol. The van der Waals surface area contributed by atoms with Crippen LogP contribution in [-0.2, 0) is 0 Å². The standard InChI is InChI=1S/C22H15Cl2N/c1-14-7-10-21-18(11-14)17(15-5-3-2-4-6-15)13-22(25-21)16-8-9-19(23)20(24)12-16/h2-13H,1H3. The van der Waals surface area contributed by atoms with Crippen LogP contribution in [0.3, 0.4) is 0 Å². The Kier molecular flexibility index (Phi) is 4.20. The van der Waals surface area contributed by atoms with Gasteiger partial charge in [0.2, 0.25) is 0 Å². The van der Waals surface area contributed by atoms with Crippen LogP contribution in [0.4, 0.5) is 0 Å². The molecular weight excluding hydrogens is 349 g/mol. The number of aromatic nitrogens is 1. The van der Waals surface area contributed by atoms with Crippen LogP contribution in [0.2, 0.25) is 10.0 Å². The molecule has 0 atom stereocenters. The Morgan fingerprint density at radius 1 is 0.720 bits per heavy atom. The lowest BCUT2D eigenvalue weighted by molar-refractivity contribution is 1.38. The Bertz CT molecular complexity index is 1070. The molecule has 25 heavy (non-hydrogen) atoms. The van der Waals surface area contributed by atoms with Gasteiger partial charge in [0, 0.05) is 10.9 Å². The van der Waals surface area contributed by atoms with Gasteiger partial charge in [-0.25, -0.2) is 4.98 Å². The molecule has 0 bridgehead atoms. The van der Waals surface area contributed by atoms with Crippen LogP contribution in [0.25, 0.3) is 33.3 Å². The van der Waals surface area contributed by atoms with Gasteiger partial charge in [-0.15, -0.1) is 0 Å². The number of nitrogens with zero attached hydrogens (tertiary/aromatic N) is 1. The second kappa shape index (κ2) is 6.51. The number of pyridine rings is 1. The third-order valence-electron chi connectivity index (χ3n) is 4.26. The minimum atomic E-state index is 0.534. The number of hydrogen-bond donors (Lipinski definition) is 0. The van der Waals surface area contributed by atoms with Crippen LogP contribution in [0, 0.1) is 6.92 Å². The molecular formula is C22H15Cl2N. The van der Waals surface area contributed by atoms with Gasteiger partial charge in [-0.2, -0.15) is 0 Å². The van der Waals surface area contributed by atoms with Crippen molar-refractivity contribution in [3.8, 4) is 22.4 Å². The first-order valence-electron chi connectivity index (χ1n) is 8.04. The maximum atomic E-state index is 6.20. The van der Waals surface area contributed by atoms with Gasteiger partial charge in [0.05, 0.1) is 21.3 Å². The highest BCUT2D eigenvalue weighted by atomic mass is 35.5. The number of halogens is 2. The molecule has 4 rings (SSSR count). The van der Waals surface area contributed by atoms with Crippen molar-refractivity contribution in [2.75, 3.05) is 0 Å². The third kappa shape index (κ3) is 3.13. The van der Waals surface area contributed by atoms with E-state index < -0.39 is 0 Å². The topological polar surface area (TPSA) is 12.9 Å². The van der Waals surface area contributed by atoms with Crippen molar-refractivity contribution in [1.29, 1.82) is 0 Å². The molecule has 1 heterocycles. The molecule has 0 radical (unpaired) electrons. The number of rotatable bonds is 2. The molecule has 3 aromatic carbocycles. The van der Waals surface area contributed by atoms with E-state index in [0.29, 0.717) is 10.0 Å². The summed E-state index contributed by atoms with van der Waals surface area (Å²) in [5, 5.41) is 2.23. The molecule has 4 aromatic rings. The fourth-order valence-electron chi connectivity index (χ4n) is 3.00. The number of aryl methyl sites for hydroxylation is 1. The first-order chi connectivity index (χ1) is 12.1. The summed E-state index contributed by atoms with van der Waals surface area (Å²) in [5.41, 5.74) is 6.35. The number of benzene rings is 3. The van der Waals surface area contributed by atoms with E-state index in [1.54, 1.807) is 0 Å². The van der Waals surface area contributed by atoms with E-state index in [1.807, 2.05) is 24.3 Å². The van der Waals surface area contributed by atoms with Gasteiger partial charge in [0.1, 0.15) is 0 Å². The quantitative estimate of drug-likeness (QED) is 0.367. The Hall–Kier alpha value is -2.35. The van der Waals surface area contributed by atoms with Crippen molar-refractivity contribution >= 4 is 34.1 Å². The zero-order chi connectivity index (χ0) is 17.4. The van der Waals surface area contributed by atoms with E-state index in [0.717, 1.165) is 27.7 Å². The summed E-state index contributed by atoms with van der Waals surface area (Å²) in [5.74, 6) is 0. The molecule has 3 heteroatoms. The molecule has 0 aliphatic heterocycles. The number of fused-ring (bicyclic) bond motifs is 1. The van der Waals surface area contributed by atoms with E-state index in [2.05, 4.69) is 55.5 Å². The minimum Gasteiger partial charge on any atom is -0.248 e. The summed E-state index contributed by atoms with van der Waals surface area (Å²) < 4.78 is 0. The first-order valence-corrected chi connectivity index (χ1v) is 8.80. The molecule has 0 unspecified atom stereocenters. The van der Waals surface area contributed by atoms with Crippen molar-refractivity contribution in [2.45, 2.75) is 6.92 Å². The highest BCUT2D eigenvalue weighted by Crippen LogP contribution is 2.34. The fourth-order valence-corrected chi connectivity index (χ4v) is 3.30. The maximum Gasteiger partial charge on any atom is 0.0716 e. The molecule has 122 valence electrons. The van der Waals surface area contributed by atoms with E-state index >= 15 is 0 Å². The smallest absolute Gasteiger partial charge is 0.0716 e. The molecule has 1 nitrogen and oxygen atoms in total. The largest absolute Gasteiger partial charge is 0.248 e. The fraction of sp³-hybridized carbons (Fsp3) is 0.0455. The SMILES string of the molecule is Cc1ccc2nc(-c3ccc(Cl)c(Cl)c3)cc(-c3ccccc3)c2c1. The van der Waals surface area contributed by atoms with Crippen molar-refractivity contribution in [3.63, 3.8) is 0 Å². The first kappa shape index (κ1) is 16.1. The average Bonchev–Trinajstić information content (AvgIpc) is 2.64. The molecule has 0 saturated carbocycles. The monoisotopic (exact) mass is 363 g/mol. The van der Waals surface area contributed by atoms with Crippen molar-refractivity contribution in [2.24, 2.45) is 0 Å².